The van der Waals surface area contributed by atoms with Gasteiger partial charge in [0.25, 0.3) is 0 Å². The van der Waals surface area contributed by atoms with Crippen LogP contribution in [0.4, 0.5) is 10.1 Å². The lowest BCUT2D eigenvalue weighted by atomic mass is 10.0. The van der Waals surface area contributed by atoms with Gasteiger partial charge in [-0.2, -0.15) is 5.10 Å². The van der Waals surface area contributed by atoms with Gasteiger partial charge in [-0.25, -0.2) is 4.39 Å². The number of benzene rings is 1. The molecule has 1 aliphatic heterocycles. The number of aromatic nitrogens is 2. The zero-order valence-corrected chi connectivity index (χ0v) is 14.4. The summed E-state index contributed by atoms with van der Waals surface area (Å²) in [6.07, 6.45) is 1.74. The molecule has 0 radical (unpaired) electrons. The number of nitrogens with zero attached hydrogens (tertiary/aromatic N) is 3. The highest BCUT2D eigenvalue weighted by atomic mass is 19.1. The average Bonchev–Trinajstić information content (AvgIpc) is 3.13. The summed E-state index contributed by atoms with van der Waals surface area (Å²) in [5, 5.41) is 10.4. The van der Waals surface area contributed by atoms with Crippen LogP contribution in [0.3, 0.4) is 0 Å². The van der Waals surface area contributed by atoms with E-state index in [-0.39, 0.29) is 11.9 Å². The summed E-state index contributed by atoms with van der Waals surface area (Å²) < 4.78 is 13.8. The first kappa shape index (κ1) is 16.9. The molecule has 1 atom stereocenters. The number of nitrogens with one attached hydrogen (secondary N) is 2. The molecule has 24 heavy (non-hydrogen) atoms. The van der Waals surface area contributed by atoms with E-state index >= 15 is 0 Å². The molecule has 1 aliphatic rings. The summed E-state index contributed by atoms with van der Waals surface area (Å²) in [6.45, 7) is 10.1. The van der Waals surface area contributed by atoms with Gasteiger partial charge >= 0.3 is 0 Å². The molecule has 1 saturated heterocycles. The molecule has 0 saturated carbocycles. The summed E-state index contributed by atoms with van der Waals surface area (Å²) in [7, 11) is 0. The SMILES string of the molecule is CCN1CCN(c2ccc(F)cc2C(C)NCc2ccn[nH]2)CC1. The number of anilines is 1. The Morgan fingerprint density at radius 3 is 2.71 bits per heavy atom. The predicted molar refractivity (Wildman–Crippen MR) is 94.6 cm³/mol. The van der Waals surface area contributed by atoms with Crippen molar-refractivity contribution < 1.29 is 4.39 Å². The van der Waals surface area contributed by atoms with Crippen LogP contribution in [-0.2, 0) is 6.54 Å². The van der Waals surface area contributed by atoms with Gasteiger partial charge in [0.2, 0.25) is 0 Å². The van der Waals surface area contributed by atoms with Gasteiger partial charge in [0, 0.05) is 56.3 Å². The van der Waals surface area contributed by atoms with E-state index in [9.17, 15) is 4.39 Å². The van der Waals surface area contributed by atoms with E-state index in [1.807, 2.05) is 12.1 Å². The fourth-order valence-corrected chi connectivity index (χ4v) is 3.22. The Morgan fingerprint density at radius 1 is 1.25 bits per heavy atom. The van der Waals surface area contributed by atoms with Gasteiger partial charge in [-0.3, -0.25) is 5.10 Å². The molecule has 1 aromatic heterocycles. The van der Waals surface area contributed by atoms with Gasteiger partial charge in [0.05, 0.1) is 0 Å². The van der Waals surface area contributed by atoms with Crippen molar-refractivity contribution in [1.29, 1.82) is 0 Å². The molecule has 0 amide bonds. The summed E-state index contributed by atoms with van der Waals surface area (Å²) in [5.74, 6) is -0.184. The Balaban J connectivity index is 1.73. The van der Waals surface area contributed by atoms with E-state index in [1.54, 1.807) is 18.3 Å². The van der Waals surface area contributed by atoms with Crippen LogP contribution in [0.15, 0.2) is 30.5 Å². The maximum absolute atomic E-state index is 13.8. The minimum atomic E-state index is -0.184. The molecule has 5 nitrogen and oxygen atoms in total. The Morgan fingerprint density at radius 2 is 2.04 bits per heavy atom. The van der Waals surface area contributed by atoms with Crippen LogP contribution in [0.1, 0.15) is 31.1 Å². The van der Waals surface area contributed by atoms with Crippen molar-refractivity contribution in [3.63, 3.8) is 0 Å². The second-order valence-electron chi connectivity index (χ2n) is 6.31. The van der Waals surface area contributed by atoms with Crippen LogP contribution in [-0.4, -0.2) is 47.8 Å². The third kappa shape index (κ3) is 3.94. The number of aromatic amines is 1. The van der Waals surface area contributed by atoms with E-state index in [0.29, 0.717) is 6.54 Å². The Kier molecular flexibility index (Phi) is 5.48. The van der Waals surface area contributed by atoms with Gasteiger partial charge in [-0.05, 0) is 43.3 Å². The molecule has 0 aliphatic carbocycles. The number of halogens is 1. The highest BCUT2D eigenvalue weighted by Gasteiger charge is 2.20. The lowest BCUT2D eigenvalue weighted by molar-refractivity contribution is 0.271. The summed E-state index contributed by atoms with van der Waals surface area (Å²) in [6, 6.07) is 7.14. The molecule has 3 rings (SSSR count). The van der Waals surface area contributed by atoms with Crippen LogP contribution in [0, 0.1) is 5.82 Å². The van der Waals surface area contributed by atoms with Crippen LogP contribution in [0.25, 0.3) is 0 Å². The minimum absolute atomic E-state index is 0.0585. The van der Waals surface area contributed by atoms with Gasteiger partial charge in [0.1, 0.15) is 5.82 Å². The number of H-pyrrole nitrogens is 1. The molecular formula is C18H26FN5. The molecule has 1 unspecified atom stereocenters. The lowest BCUT2D eigenvalue weighted by Gasteiger charge is -2.37. The third-order valence-corrected chi connectivity index (χ3v) is 4.77. The van der Waals surface area contributed by atoms with Gasteiger partial charge in [-0.1, -0.05) is 6.92 Å². The smallest absolute Gasteiger partial charge is 0.123 e. The fourth-order valence-electron chi connectivity index (χ4n) is 3.22. The minimum Gasteiger partial charge on any atom is -0.369 e. The molecule has 2 N–H and O–H groups in total. The lowest BCUT2D eigenvalue weighted by Crippen LogP contribution is -2.46. The van der Waals surface area contributed by atoms with Crippen LogP contribution < -0.4 is 10.2 Å². The topological polar surface area (TPSA) is 47.2 Å². The zero-order chi connectivity index (χ0) is 16.9. The van der Waals surface area contributed by atoms with Crippen molar-refractivity contribution in [3.8, 4) is 0 Å². The van der Waals surface area contributed by atoms with Crippen molar-refractivity contribution in [2.75, 3.05) is 37.6 Å². The number of rotatable bonds is 6. The number of likely N-dealkylation sites (N-methyl/N-ethyl adjacent to an activating group) is 1. The van der Waals surface area contributed by atoms with E-state index in [0.717, 1.165) is 49.7 Å². The molecule has 130 valence electrons. The van der Waals surface area contributed by atoms with Crippen LogP contribution in [0.5, 0.6) is 0 Å². The first-order valence-corrected chi connectivity index (χ1v) is 8.65. The molecule has 6 heteroatoms. The third-order valence-electron chi connectivity index (χ3n) is 4.77. The zero-order valence-electron chi connectivity index (χ0n) is 14.4. The number of hydrogen-bond donors (Lipinski definition) is 2. The second kappa shape index (κ2) is 7.77. The van der Waals surface area contributed by atoms with Gasteiger partial charge in [-0.15, -0.1) is 0 Å². The molecule has 2 aromatic rings. The normalized spacial score (nSPS) is 17.2. The van der Waals surface area contributed by atoms with Crippen molar-refractivity contribution in [2.24, 2.45) is 0 Å². The van der Waals surface area contributed by atoms with Crippen molar-refractivity contribution in [3.05, 3.63) is 47.5 Å². The van der Waals surface area contributed by atoms with E-state index in [4.69, 9.17) is 0 Å². The highest BCUT2D eigenvalue weighted by Crippen LogP contribution is 2.28. The van der Waals surface area contributed by atoms with Crippen molar-refractivity contribution in [2.45, 2.75) is 26.4 Å². The molecule has 0 spiro atoms. The Bertz CT molecular complexity index is 635. The largest absolute Gasteiger partial charge is 0.369 e. The van der Waals surface area contributed by atoms with Gasteiger partial charge in [0.15, 0.2) is 0 Å². The molecular weight excluding hydrogens is 305 g/mol. The van der Waals surface area contributed by atoms with E-state index < -0.39 is 0 Å². The van der Waals surface area contributed by atoms with E-state index in [2.05, 4.69) is 39.2 Å². The van der Waals surface area contributed by atoms with E-state index in [1.165, 1.54) is 0 Å². The Labute approximate surface area is 142 Å². The summed E-state index contributed by atoms with van der Waals surface area (Å²) in [5.41, 5.74) is 3.17. The standard InChI is InChI=1S/C18H26FN5/c1-3-23-8-10-24(11-9-23)18-5-4-15(19)12-17(18)14(2)20-13-16-6-7-21-22-16/h4-7,12,14,20H,3,8-11,13H2,1-2H3,(H,21,22). The first-order chi connectivity index (χ1) is 11.7. The maximum atomic E-state index is 13.8. The fraction of sp³-hybridized carbons (Fsp3) is 0.500. The number of hydrogen-bond acceptors (Lipinski definition) is 4. The molecule has 0 bridgehead atoms. The monoisotopic (exact) mass is 331 g/mol. The highest BCUT2D eigenvalue weighted by molar-refractivity contribution is 5.55. The van der Waals surface area contributed by atoms with Crippen LogP contribution in [0.2, 0.25) is 0 Å². The summed E-state index contributed by atoms with van der Waals surface area (Å²) in [4.78, 5) is 4.81. The molecule has 1 aromatic carbocycles. The molecule has 1 fully saturated rings. The first-order valence-electron chi connectivity index (χ1n) is 8.65. The second-order valence-corrected chi connectivity index (χ2v) is 6.31. The number of piperazine rings is 1. The van der Waals surface area contributed by atoms with Crippen LogP contribution >= 0.6 is 0 Å². The summed E-state index contributed by atoms with van der Waals surface area (Å²) >= 11 is 0. The predicted octanol–water partition coefficient (Wildman–Crippen LogP) is 2.54. The molecule has 2 heterocycles. The van der Waals surface area contributed by atoms with Crippen molar-refractivity contribution in [1.82, 2.24) is 20.4 Å². The maximum Gasteiger partial charge on any atom is 0.123 e. The average molecular weight is 331 g/mol. The Hall–Kier alpha value is -1.92. The van der Waals surface area contributed by atoms with Gasteiger partial charge < -0.3 is 15.1 Å². The van der Waals surface area contributed by atoms with Crippen molar-refractivity contribution >= 4 is 5.69 Å². The quantitative estimate of drug-likeness (QED) is 0.854.